The maximum Gasteiger partial charge on any atom is 0 e. The topological polar surface area (TPSA) is 0 Å². The molecule has 0 spiro atoms. The van der Waals surface area contributed by atoms with E-state index >= 15 is 0 Å². The molecule has 0 aromatic rings. The van der Waals surface area contributed by atoms with Crippen molar-refractivity contribution >= 4 is 0 Å². The fourth-order valence-electron chi connectivity index (χ4n) is 0. The molecule has 1 radical (unpaired) electrons. The first-order valence-corrected chi connectivity index (χ1v) is 0. The van der Waals surface area contributed by atoms with Gasteiger partial charge in [0, 0.05) is 167 Å². The van der Waals surface area contributed by atoms with E-state index in [-0.39, 0.29) is 167 Å². The average Bonchev–Trinajstić information content (AvgIpc) is 0. The molecule has 0 nitrogen and oxygen atoms in total. The van der Waals surface area contributed by atoms with Gasteiger partial charge >= 0.3 is 0 Å². The van der Waals surface area contributed by atoms with Gasteiger partial charge in [-0.1, -0.05) is 0 Å². The zero-order chi connectivity index (χ0) is 0. The SMILES string of the molecule is [Ce].[Hf].[Nd].[Y].[Zr]. The molecule has 0 bridgehead atoms. The molecule has 0 rings (SSSR count). The van der Waals surface area contributed by atoms with Crippen LogP contribution in [0.3, 0.4) is 0 Å². The third kappa shape index (κ3) is 17.7. The maximum atomic E-state index is 0. The second-order valence-corrected chi connectivity index (χ2v) is 0. The summed E-state index contributed by atoms with van der Waals surface area (Å²) in [4.78, 5) is 0. The van der Waals surface area contributed by atoms with E-state index in [1.54, 1.807) is 0 Å². The van der Waals surface area contributed by atoms with Gasteiger partial charge in [-0.05, 0) is 0 Å². The smallest absolute Gasteiger partial charge is 0 e. The molecule has 0 unspecified atom stereocenters. The minimum atomic E-state index is 0. The van der Waals surface area contributed by atoms with Gasteiger partial charge in [-0.2, -0.15) is 0 Å². The van der Waals surface area contributed by atoms with Crippen molar-refractivity contribution in [2.75, 3.05) is 0 Å². The van der Waals surface area contributed by atoms with Gasteiger partial charge in [0.15, 0.2) is 0 Å². The Labute approximate surface area is 162 Å². The summed E-state index contributed by atoms with van der Waals surface area (Å²) >= 11 is 0. The Morgan fingerprint density at radius 2 is 1.00 bits per heavy atom. The minimum absolute atomic E-state index is 0. The number of hydrogen-bond acceptors (Lipinski definition) is 0. The second kappa shape index (κ2) is 22.6. The van der Waals surface area contributed by atoms with Crippen LogP contribution in [-0.2, 0) is 84.8 Å². The molecule has 0 aromatic carbocycles. The van der Waals surface area contributed by atoms with Crippen LogP contribution in [0, 0.1) is 82.6 Å². The Hall–Kier alpha value is 5.58. The molecule has 0 aromatic heterocycles. The molecule has 5 heteroatoms. The summed E-state index contributed by atoms with van der Waals surface area (Å²) in [5, 5.41) is 0. The zero-order valence-electron chi connectivity index (χ0n) is 2.58. The molecular formula is CeHfNdYZr. The van der Waals surface area contributed by atoms with Gasteiger partial charge < -0.3 is 0 Å². The Bertz CT molecular complexity index is 11.6. The van der Waals surface area contributed by atoms with Crippen molar-refractivity contribution in [2.45, 2.75) is 0 Å². The van der Waals surface area contributed by atoms with Crippen LogP contribution in [0.4, 0.5) is 0 Å². The van der Waals surface area contributed by atoms with E-state index in [0.717, 1.165) is 0 Å². The predicted molar refractivity (Wildman–Crippen MR) is 0 cm³/mol. The largest absolute Gasteiger partial charge is 0 e. The van der Waals surface area contributed by atoms with Crippen LogP contribution in [0.5, 0.6) is 0 Å². The van der Waals surface area contributed by atoms with Crippen molar-refractivity contribution in [3.8, 4) is 0 Å². The summed E-state index contributed by atoms with van der Waals surface area (Å²) in [6.07, 6.45) is 0. The van der Waals surface area contributed by atoms with E-state index in [1.165, 1.54) is 0 Å². The van der Waals surface area contributed by atoms with E-state index in [1.807, 2.05) is 0 Å². The van der Waals surface area contributed by atoms with Crippen LogP contribution in [0.1, 0.15) is 0 Å². The Kier molecular flexibility index (Phi) is 141. The van der Waals surface area contributed by atoms with Gasteiger partial charge in [0.25, 0.3) is 0 Å². The second-order valence-electron chi connectivity index (χ2n) is 0. The summed E-state index contributed by atoms with van der Waals surface area (Å²) in [6.45, 7) is 0. The van der Waals surface area contributed by atoms with Gasteiger partial charge in [-0.3, -0.25) is 0 Å². The first-order valence-electron chi connectivity index (χ1n) is 0. The van der Waals surface area contributed by atoms with E-state index in [9.17, 15) is 0 Å². The molecule has 0 aliphatic heterocycles. The van der Waals surface area contributed by atoms with Crippen molar-refractivity contribution in [3.05, 3.63) is 0 Å². The van der Waals surface area contributed by atoms with Crippen LogP contribution in [0.25, 0.3) is 0 Å². The third-order valence-corrected chi connectivity index (χ3v) is 0. The van der Waals surface area contributed by atoms with Gasteiger partial charge in [-0.15, -0.1) is 0 Å². The fraction of sp³-hybridized carbons (Fsp3) is 0. The molecule has 0 fully saturated rings. The van der Waals surface area contributed by atoms with Crippen molar-refractivity contribution in [1.29, 1.82) is 0 Å². The first kappa shape index (κ1) is 31.2. The van der Waals surface area contributed by atoms with Crippen molar-refractivity contribution < 1.29 is 167 Å². The zero-order valence-corrected chi connectivity index (χ0v) is 17.8. The van der Waals surface area contributed by atoms with E-state index < -0.39 is 0 Å². The van der Waals surface area contributed by atoms with Crippen molar-refractivity contribution in [2.24, 2.45) is 0 Å². The van der Waals surface area contributed by atoms with E-state index in [2.05, 4.69) is 0 Å². The number of hydrogen-bond donors (Lipinski definition) is 0. The summed E-state index contributed by atoms with van der Waals surface area (Å²) in [7, 11) is 0. The Morgan fingerprint density at radius 1 is 1.00 bits per heavy atom. The van der Waals surface area contributed by atoms with Crippen molar-refractivity contribution in [1.82, 2.24) is 0 Å². The molecule has 0 saturated heterocycles. The minimum Gasteiger partial charge on any atom is 0 e. The number of rotatable bonds is 0. The van der Waals surface area contributed by atoms with Crippen LogP contribution >= 0.6 is 0 Å². The normalized spacial score (nSPS) is 0. The summed E-state index contributed by atoms with van der Waals surface area (Å²) in [6, 6.07) is 0. The monoisotopic (exact) mass is 641 g/mol. The van der Waals surface area contributed by atoms with Gasteiger partial charge in [0.2, 0.25) is 0 Å². The van der Waals surface area contributed by atoms with Crippen LogP contribution in [0.15, 0.2) is 0 Å². The fourth-order valence-corrected chi connectivity index (χ4v) is 0. The first-order chi connectivity index (χ1) is 0. The molecule has 0 amide bonds. The standard InChI is InChI=1S/Ce.Hf.Nd.Y.Zr. The summed E-state index contributed by atoms with van der Waals surface area (Å²) in [5.41, 5.74) is 0. The Morgan fingerprint density at radius 3 is 1.00 bits per heavy atom. The summed E-state index contributed by atoms with van der Waals surface area (Å²) < 4.78 is 0. The third-order valence-electron chi connectivity index (χ3n) is 0. The molecule has 0 aliphatic carbocycles. The molecule has 0 saturated carbocycles. The molecule has 0 aliphatic rings. The van der Waals surface area contributed by atoms with Gasteiger partial charge in [0.1, 0.15) is 0 Å². The van der Waals surface area contributed by atoms with E-state index in [0.29, 0.717) is 0 Å². The molecule has 19 valence electrons. The van der Waals surface area contributed by atoms with Crippen LogP contribution in [0.2, 0.25) is 0 Å². The van der Waals surface area contributed by atoms with Gasteiger partial charge in [-0.25, -0.2) is 0 Å². The molecule has 0 N–H and O–H groups in total. The Balaban J connectivity index is 0. The van der Waals surface area contributed by atoms with Crippen molar-refractivity contribution in [3.63, 3.8) is 0 Å². The molecule has 5 heavy (non-hydrogen) atoms. The average molecular weight is 643 g/mol. The quantitative estimate of drug-likeness (QED) is 0.327. The molecule has 0 atom stereocenters. The maximum absolute atomic E-state index is 0. The van der Waals surface area contributed by atoms with Gasteiger partial charge in [0.05, 0.1) is 0 Å². The molecule has 0 heterocycles. The molecular weight excluding hydrogens is 643 g/mol. The van der Waals surface area contributed by atoms with Crippen LogP contribution in [-0.4, -0.2) is 0 Å². The predicted octanol–water partition coefficient (Wildman–Crippen LogP) is -0.00750. The summed E-state index contributed by atoms with van der Waals surface area (Å²) in [5.74, 6) is 0. The van der Waals surface area contributed by atoms with E-state index in [4.69, 9.17) is 0 Å². The van der Waals surface area contributed by atoms with Crippen LogP contribution < -0.4 is 0 Å².